The van der Waals surface area contributed by atoms with Gasteiger partial charge in [-0.05, 0) is 38.0 Å². The summed E-state index contributed by atoms with van der Waals surface area (Å²) in [6.45, 7) is 4.64. The van der Waals surface area contributed by atoms with Crippen LogP contribution >= 0.6 is 0 Å². The van der Waals surface area contributed by atoms with E-state index in [0.717, 1.165) is 45.3 Å². The van der Waals surface area contributed by atoms with Crippen molar-refractivity contribution in [3.63, 3.8) is 0 Å². The van der Waals surface area contributed by atoms with Gasteiger partial charge in [0.15, 0.2) is 0 Å². The Morgan fingerprint density at radius 3 is 2.67 bits per heavy atom. The van der Waals surface area contributed by atoms with Gasteiger partial charge in [-0.3, -0.25) is 5.41 Å². The third-order valence-corrected chi connectivity index (χ3v) is 4.04. The van der Waals surface area contributed by atoms with Crippen molar-refractivity contribution in [2.24, 2.45) is 11.7 Å². The minimum atomic E-state index is -0.177. The molecule has 2 rings (SSSR count). The van der Waals surface area contributed by atoms with Gasteiger partial charge in [-0.25, -0.2) is 4.79 Å². The molecule has 0 saturated carbocycles. The molecule has 5 heteroatoms. The molecule has 2 atom stereocenters. The smallest absolute Gasteiger partial charge is 0.320 e. The first-order valence-corrected chi connectivity index (χ1v) is 6.99. The standard InChI is InChI=1S/C13H24N4O/c1-10-5-4-7-16(9-10)13(18)17-8-3-2-6-11(17)12(14)15/h10-11H,2-9H2,1H3,(H3,14,15). The summed E-state index contributed by atoms with van der Waals surface area (Å²) in [5.74, 6) is 0.719. The maximum Gasteiger partial charge on any atom is 0.320 e. The normalized spacial score (nSPS) is 29.2. The van der Waals surface area contributed by atoms with Gasteiger partial charge in [0.2, 0.25) is 0 Å². The first-order chi connectivity index (χ1) is 8.59. The van der Waals surface area contributed by atoms with E-state index in [1.165, 1.54) is 6.42 Å². The molecule has 0 bridgehead atoms. The molecule has 0 aromatic rings. The molecule has 2 amide bonds. The lowest BCUT2D eigenvalue weighted by Crippen LogP contribution is -2.56. The van der Waals surface area contributed by atoms with Crippen molar-refractivity contribution >= 4 is 11.9 Å². The number of hydrogen-bond donors (Lipinski definition) is 2. The van der Waals surface area contributed by atoms with E-state index in [2.05, 4.69) is 6.92 Å². The van der Waals surface area contributed by atoms with Crippen LogP contribution in [-0.2, 0) is 0 Å². The average molecular weight is 252 g/mol. The van der Waals surface area contributed by atoms with Crippen LogP contribution in [0.4, 0.5) is 4.79 Å². The zero-order chi connectivity index (χ0) is 13.1. The first kappa shape index (κ1) is 13.2. The molecule has 102 valence electrons. The van der Waals surface area contributed by atoms with Crippen LogP contribution in [0, 0.1) is 11.3 Å². The minimum Gasteiger partial charge on any atom is -0.386 e. The van der Waals surface area contributed by atoms with Crippen molar-refractivity contribution in [3.8, 4) is 0 Å². The number of likely N-dealkylation sites (tertiary alicyclic amines) is 2. The lowest BCUT2D eigenvalue weighted by molar-refractivity contribution is 0.114. The molecule has 0 radical (unpaired) electrons. The molecule has 2 saturated heterocycles. The highest BCUT2D eigenvalue weighted by Crippen LogP contribution is 2.22. The Kier molecular flexibility index (Phi) is 4.09. The van der Waals surface area contributed by atoms with Crippen LogP contribution in [0.15, 0.2) is 0 Å². The van der Waals surface area contributed by atoms with Crippen LogP contribution in [0.2, 0.25) is 0 Å². The van der Waals surface area contributed by atoms with E-state index in [1.54, 1.807) is 0 Å². The number of nitrogens with zero attached hydrogens (tertiary/aromatic N) is 2. The van der Waals surface area contributed by atoms with E-state index in [0.29, 0.717) is 5.92 Å². The summed E-state index contributed by atoms with van der Waals surface area (Å²) in [5, 5.41) is 7.63. The van der Waals surface area contributed by atoms with Crippen LogP contribution in [0.5, 0.6) is 0 Å². The molecule has 0 aromatic carbocycles. The number of amides is 2. The summed E-state index contributed by atoms with van der Waals surface area (Å²) in [4.78, 5) is 16.3. The van der Waals surface area contributed by atoms with Crippen LogP contribution in [0.3, 0.4) is 0 Å². The van der Waals surface area contributed by atoms with Crippen molar-refractivity contribution in [2.75, 3.05) is 19.6 Å². The first-order valence-electron chi connectivity index (χ1n) is 6.99. The van der Waals surface area contributed by atoms with Crippen molar-refractivity contribution < 1.29 is 4.79 Å². The Bertz CT molecular complexity index is 331. The molecule has 0 spiro atoms. The maximum atomic E-state index is 12.5. The summed E-state index contributed by atoms with van der Waals surface area (Å²) in [6, 6.07) is -0.0927. The SMILES string of the molecule is CC1CCCN(C(=O)N2CCCCC2C(=N)N)C1. The lowest BCUT2D eigenvalue weighted by atomic mass is 9.99. The Labute approximate surface area is 109 Å². The molecule has 18 heavy (non-hydrogen) atoms. The van der Waals surface area contributed by atoms with Gasteiger partial charge in [0.1, 0.15) is 5.84 Å². The van der Waals surface area contributed by atoms with Gasteiger partial charge in [-0.1, -0.05) is 6.92 Å². The quantitative estimate of drug-likeness (QED) is 0.550. The van der Waals surface area contributed by atoms with Crippen molar-refractivity contribution in [1.82, 2.24) is 9.80 Å². The minimum absolute atomic E-state index is 0.0847. The molecule has 0 aromatic heterocycles. The van der Waals surface area contributed by atoms with Gasteiger partial charge in [-0.15, -0.1) is 0 Å². The predicted octanol–water partition coefficient (Wildman–Crippen LogP) is 1.63. The third-order valence-electron chi connectivity index (χ3n) is 4.04. The fourth-order valence-electron chi connectivity index (χ4n) is 3.03. The van der Waals surface area contributed by atoms with Crippen molar-refractivity contribution in [1.29, 1.82) is 5.41 Å². The molecule has 0 aliphatic carbocycles. The molecule has 2 aliphatic heterocycles. The summed E-state index contributed by atoms with van der Waals surface area (Å²) in [5.41, 5.74) is 5.62. The number of carbonyl (C=O) groups excluding carboxylic acids is 1. The average Bonchev–Trinajstić information content (AvgIpc) is 2.38. The Hall–Kier alpha value is -1.26. The van der Waals surface area contributed by atoms with Crippen molar-refractivity contribution in [2.45, 2.75) is 45.1 Å². The van der Waals surface area contributed by atoms with Crippen LogP contribution in [0.25, 0.3) is 0 Å². The fourth-order valence-corrected chi connectivity index (χ4v) is 3.03. The molecule has 2 fully saturated rings. The Balaban J connectivity index is 2.03. The molecule has 3 N–H and O–H groups in total. The monoisotopic (exact) mass is 252 g/mol. The highest BCUT2D eigenvalue weighted by atomic mass is 16.2. The number of piperidine rings is 2. The highest BCUT2D eigenvalue weighted by Gasteiger charge is 2.32. The summed E-state index contributed by atoms with van der Waals surface area (Å²) < 4.78 is 0. The van der Waals surface area contributed by atoms with Crippen LogP contribution in [-0.4, -0.2) is 47.3 Å². The second-order valence-electron chi connectivity index (χ2n) is 5.64. The largest absolute Gasteiger partial charge is 0.386 e. The number of hydrogen-bond acceptors (Lipinski definition) is 2. The second-order valence-corrected chi connectivity index (χ2v) is 5.64. The van der Waals surface area contributed by atoms with Gasteiger partial charge in [0.25, 0.3) is 0 Å². The van der Waals surface area contributed by atoms with E-state index in [9.17, 15) is 4.79 Å². The van der Waals surface area contributed by atoms with E-state index in [4.69, 9.17) is 11.1 Å². The highest BCUT2D eigenvalue weighted by molar-refractivity contribution is 5.88. The zero-order valence-corrected chi connectivity index (χ0v) is 11.2. The molecule has 2 aliphatic rings. The molecular formula is C13H24N4O. The van der Waals surface area contributed by atoms with Crippen LogP contribution in [0.1, 0.15) is 39.0 Å². The van der Waals surface area contributed by atoms with Gasteiger partial charge >= 0.3 is 6.03 Å². The predicted molar refractivity (Wildman–Crippen MR) is 71.6 cm³/mol. The third kappa shape index (κ3) is 2.76. The Morgan fingerprint density at radius 1 is 1.22 bits per heavy atom. The zero-order valence-electron chi connectivity index (χ0n) is 11.2. The number of amidine groups is 1. The van der Waals surface area contributed by atoms with Gasteiger partial charge in [-0.2, -0.15) is 0 Å². The van der Waals surface area contributed by atoms with Gasteiger partial charge < -0.3 is 15.5 Å². The number of carbonyl (C=O) groups is 1. The fraction of sp³-hybridized carbons (Fsp3) is 0.846. The van der Waals surface area contributed by atoms with Gasteiger partial charge in [0.05, 0.1) is 6.04 Å². The van der Waals surface area contributed by atoms with Crippen molar-refractivity contribution in [3.05, 3.63) is 0 Å². The molecule has 2 unspecified atom stereocenters. The number of nitrogens with one attached hydrogen (secondary N) is 1. The summed E-state index contributed by atoms with van der Waals surface area (Å²) in [7, 11) is 0. The van der Waals surface area contributed by atoms with E-state index >= 15 is 0 Å². The van der Waals surface area contributed by atoms with Gasteiger partial charge in [0, 0.05) is 19.6 Å². The topological polar surface area (TPSA) is 73.4 Å². The maximum absolute atomic E-state index is 12.5. The van der Waals surface area contributed by atoms with E-state index < -0.39 is 0 Å². The number of urea groups is 1. The van der Waals surface area contributed by atoms with E-state index in [-0.39, 0.29) is 17.9 Å². The second kappa shape index (κ2) is 5.59. The molecular weight excluding hydrogens is 228 g/mol. The molecule has 5 nitrogen and oxygen atoms in total. The van der Waals surface area contributed by atoms with E-state index in [1.807, 2.05) is 9.80 Å². The Morgan fingerprint density at radius 2 is 2.00 bits per heavy atom. The van der Waals surface area contributed by atoms with Crippen LogP contribution < -0.4 is 5.73 Å². The number of rotatable bonds is 1. The summed E-state index contributed by atoms with van der Waals surface area (Å²) in [6.07, 6.45) is 5.22. The summed E-state index contributed by atoms with van der Waals surface area (Å²) >= 11 is 0. The number of nitrogens with two attached hydrogens (primary N) is 1. The molecule has 2 heterocycles. The lowest BCUT2D eigenvalue weighted by Gasteiger charge is -2.40.